The molecule has 2 rings (SSSR count). The molecule has 1 aromatic carbocycles. The van der Waals surface area contributed by atoms with Crippen LogP contribution in [0, 0.1) is 5.82 Å². The van der Waals surface area contributed by atoms with Crippen LogP contribution in [0.2, 0.25) is 0 Å². The molecule has 2 N–H and O–H groups in total. The van der Waals surface area contributed by atoms with Crippen molar-refractivity contribution in [3.63, 3.8) is 0 Å². The minimum absolute atomic E-state index is 0.0175. The van der Waals surface area contributed by atoms with E-state index in [1.165, 1.54) is 17.0 Å². The Morgan fingerprint density at radius 3 is 2.57 bits per heavy atom. The Morgan fingerprint density at radius 2 is 1.96 bits per heavy atom. The van der Waals surface area contributed by atoms with Crippen LogP contribution < -0.4 is 5.32 Å². The molecule has 1 aromatic heterocycles. The van der Waals surface area contributed by atoms with Crippen LogP contribution >= 0.6 is 0 Å². The number of fused-ring (bicyclic) bond motifs is 1. The summed E-state index contributed by atoms with van der Waals surface area (Å²) in [6.45, 7) is 7.85. The van der Waals surface area contributed by atoms with Crippen molar-refractivity contribution in [3.05, 3.63) is 35.8 Å². The molecule has 0 saturated carbocycles. The average Bonchev–Trinajstić information content (AvgIpc) is 2.85. The van der Waals surface area contributed by atoms with Gasteiger partial charge in [0.05, 0.1) is 6.54 Å². The van der Waals surface area contributed by atoms with Gasteiger partial charge in [0, 0.05) is 23.0 Å². The van der Waals surface area contributed by atoms with E-state index in [0.717, 1.165) is 0 Å². The number of carbonyl (C=O) groups excluding carboxylic acids is 2. The first-order valence-electron chi connectivity index (χ1n) is 7.58. The van der Waals surface area contributed by atoms with E-state index in [-0.39, 0.29) is 29.7 Å². The summed E-state index contributed by atoms with van der Waals surface area (Å²) in [6.07, 6.45) is 0. The van der Waals surface area contributed by atoms with Crippen molar-refractivity contribution >= 4 is 22.7 Å². The highest BCUT2D eigenvalue weighted by molar-refractivity contribution is 5.99. The Morgan fingerprint density at radius 1 is 1.26 bits per heavy atom. The van der Waals surface area contributed by atoms with Crippen molar-refractivity contribution in [2.75, 3.05) is 13.1 Å². The first-order chi connectivity index (χ1) is 10.7. The number of nitrogens with one attached hydrogen (secondary N) is 2. The number of aromatic amines is 1. The molecule has 1 heterocycles. The van der Waals surface area contributed by atoms with Gasteiger partial charge in [-0.05, 0) is 52.0 Å². The largest absolute Gasteiger partial charge is 0.351 e. The van der Waals surface area contributed by atoms with Crippen LogP contribution in [0.4, 0.5) is 4.39 Å². The highest BCUT2D eigenvalue weighted by atomic mass is 19.1. The molecule has 2 aromatic rings. The van der Waals surface area contributed by atoms with Gasteiger partial charge in [0.2, 0.25) is 5.91 Å². The van der Waals surface area contributed by atoms with Crippen LogP contribution in [-0.2, 0) is 4.79 Å². The zero-order valence-electron chi connectivity index (χ0n) is 13.9. The fourth-order valence-electron chi connectivity index (χ4n) is 2.35. The second-order valence-corrected chi connectivity index (χ2v) is 6.53. The zero-order chi connectivity index (χ0) is 17.2. The highest BCUT2D eigenvalue weighted by Crippen LogP contribution is 2.17. The zero-order valence-corrected chi connectivity index (χ0v) is 13.9. The molecular formula is C17H22FN3O2. The Labute approximate surface area is 134 Å². The number of H-pyrrole nitrogens is 1. The summed E-state index contributed by atoms with van der Waals surface area (Å²) in [5.74, 6) is -0.851. The van der Waals surface area contributed by atoms with Gasteiger partial charge in [-0.1, -0.05) is 0 Å². The summed E-state index contributed by atoms with van der Waals surface area (Å²) in [7, 11) is 0. The maximum atomic E-state index is 13.2. The van der Waals surface area contributed by atoms with E-state index >= 15 is 0 Å². The summed E-state index contributed by atoms with van der Waals surface area (Å²) in [5, 5.41) is 3.46. The summed E-state index contributed by atoms with van der Waals surface area (Å²) < 4.78 is 13.2. The maximum Gasteiger partial charge on any atom is 0.270 e. The Bertz CT molecular complexity index is 731. The molecule has 0 aliphatic rings. The minimum Gasteiger partial charge on any atom is -0.351 e. The number of hydrogen-bond acceptors (Lipinski definition) is 2. The number of rotatable bonds is 4. The molecule has 124 valence electrons. The molecule has 2 amide bonds. The molecule has 0 fully saturated rings. The normalized spacial score (nSPS) is 11.5. The Balaban J connectivity index is 2.16. The Kier molecular flexibility index (Phi) is 4.73. The number of amides is 2. The van der Waals surface area contributed by atoms with E-state index < -0.39 is 0 Å². The fourth-order valence-corrected chi connectivity index (χ4v) is 2.35. The van der Waals surface area contributed by atoms with Gasteiger partial charge in [-0.2, -0.15) is 0 Å². The van der Waals surface area contributed by atoms with E-state index in [0.29, 0.717) is 23.1 Å². The SMILES string of the molecule is CCN(CC(=O)NC(C)(C)C)C(=O)c1cc2cc(F)ccc2[nH]1. The van der Waals surface area contributed by atoms with Crippen molar-refractivity contribution in [1.82, 2.24) is 15.2 Å². The van der Waals surface area contributed by atoms with Crippen molar-refractivity contribution in [1.29, 1.82) is 0 Å². The van der Waals surface area contributed by atoms with Crippen LogP contribution in [0.25, 0.3) is 10.9 Å². The summed E-state index contributed by atoms with van der Waals surface area (Å²) >= 11 is 0. The molecule has 0 aliphatic heterocycles. The fraction of sp³-hybridized carbons (Fsp3) is 0.412. The number of hydrogen-bond donors (Lipinski definition) is 2. The van der Waals surface area contributed by atoms with Gasteiger partial charge in [-0.3, -0.25) is 9.59 Å². The molecule has 0 spiro atoms. The van der Waals surface area contributed by atoms with Crippen molar-refractivity contribution in [2.24, 2.45) is 0 Å². The lowest BCUT2D eigenvalue weighted by Crippen LogP contribution is -2.47. The molecule has 0 bridgehead atoms. The van der Waals surface area contributed by atoms with Gasteiger partial charge in [0.25, 0.3) is 5.91 Å². The lowest BCUT2D eigenvalue weighted by molar-refractivity contribution is -0.123. The van der Waals surface area contributed by atoms with Crippen LogP contribution in [0.15, 0.2) is 24.3 Å². The van der Waals surface area contributed by atoms with Crippen LogP contribution in [0.3, 0.4) is 0 Å². The van der Waals surface area contributed by atoms with Gasteiger partial charge in [-0.25, -0.2) is 4.39 Å². The second kappa shape index (κ2) is 6.40. The third-order valence-corrected chi connectivity index (χ3v) is 3.33. The van der Waals surface area contributed by atoms with Gasteiger partial charge in [0.1, 0.15) is 11.5 Å². The number of likely N-dealkylation sites (N-methyl/N-ethyl adjacent to an activating group) is 1. The van der Waals surface area contributed by atoms with E-state index in [9.17, 15) is 14.0 Å². The molecule has 6 heteroatoms. The van der Waals surface area contributed by atoms with Gasteiger partial charge >= 0.3 is 0 Å². The quantitative estimate of drug-likeness (QED) is 0.910. The minimum atomic E-state index is -0.354. The first kappa shape index (κ1) is 17.0. The molecule has 23 heavy (non-hydrogen) atoms. The van der Waals surface area contributed by atoms with E-state index in [1.807, 2.05) is 27.7 Å². The van der Waals surface area contributed by atoms with Gasteiger partial charge in [-0.15, -0.1) is 0 Å². The van der Waals surface area contributed by atoms with E-state index in [1.54, 1.807) is 12.1 Å². The monoisotopic (exact) mass is 319 g/mol. The molecular weight excluding hydrogens is 297 g/mol. The number of carbonyl (C=O) groups is 2. The Hall–Kier alpha value is -2.37. The van der Waals surface area contributed by atoms with E-state index in [2.05, 4.69) is 10.3 Å². The number of nitrogens with zero attached hydrogens (tertiary/aromatic N) is 1. The van der Waals surface area contributed by atoms with Gasteiger partial charge < -0.3 is 15.2 Å². The molecule has 0 aliphatic carbocycles. The van der Waals surface area contributed by atoms with Gasteiger partial charge in [0.15, 0.2) is 0 Å². The predicted molar refractivity (Wildman–Crippen MR) is 87.7 cm³/mol. The number of aromatic nitrogens is 1. The first-order valence-corrected chi connectivity index (χ1v) is 7.58. The lowest BCUT2D eigenvalue weighted by atomic mass is 10.1. The summed E-state index contributed by atoms with van der Waals surface area (Å²) in [5.41, 5.74) is 0.680. The smallest absolute Gasteiger partial charge is 0.270 e. The third-order valence-electron chi connectivity index (χ3n) is 3.33. The van der Waals surface area contributed by atoms with Crippen molar-refractivity contribution < 1.29 is 14.0 Å². The number of halogens is 1. The molecule has 0 atom stereocenters. The predicted octanol–water partition coefficient (Wildman–Crippen LogP) is 2.68. The second-order valence-electron chi connectivity index (χ2n) is 6.53. The summed E-state index contributed by atoms with van der Waals surface area (Å²) in [6, 6.07) is 5.89. The molecule has 0 unspecified atom stereocenters. The van der Waals surface area contributed by atoms with E-state index in [4.69, 9.17) is 0 Å². The van der Waals surface area contributed by atoms with Crippen LogP contribution in [0.5, 0.6) is 0 Å². The molecule has 5 nitrogen and oxygen atoms in total. The molecule has 0 radical (unpaired) electrons. The maximum absolute atomic E-state index is 13.2. The third kappa shape index (κ3) is 4.31. The molecule has 0 saturated heterocycles. The van der Waals surface area contributed by atoms with Crippen LogP contribution in [-0.4, -0.2) is 40.3 Å². The number of benzene rings is 1. The average molecular weight is 319 g/mol. The van der Waals surface area contributed by atoms with Crippen molar-refractivity contribution in [3.8, 4) is 0 Å². The highest BCUT2D eigenvalue weighted by Gasteiger charge is 2.21. The lowest BCUT2D eigenvalue weighted by Gasteiger charge is -2.24. The topological polar surface area (TPSA) is 65.2 Å². The standard InChI is InChI=1S/C17H22FN3O2/c1-5-21(10-15(22)20-17(2,3)4)16(23)14-9-11-8-12(18)6-7-13(11)19-14/h6-9,19H,5,10H2,1-4H3,(H,20,22). The van der Waals surface area contributed by atoms with Crippen LogP contribution in [0.1, 0.15) is 38.2 Å². The summed E-state index contributed by atoms with van der Waals surface area (Å²) in [4.78, 5) is 29.0. The van der Waals surface area contributed by atoms with Crippen molar-refractivity contribution in [2.45, 2.75) is 33.2 Å².